The van der Waals surface area contributed by atoms with Crippen LogP contribution in [0, 0.1) is 5.82 Å². The molecular weight excluding hydrogens is 229 g/mol. The first-order chi connectivity index (χ1) is 8.01. The van der Waals surface area contributed by atoms with Crippen molar-refractivity contribution in [2.24, 2.45) is 5.73 Å². The lowest BCUT2D eigenvalue weighted by Gasteiger charge is -2.15. The van der Waals surface area contributed by atoms with E-state index >= 15 is 0 Å². The van der Waals surface area contributed by atoms with Crippen molar-refractivity contribution in [3.8, 4) is 11.5 Å². The third kappa shape index (κ3) is 2.85. The zero-order valence-corrected chi connectivity index (χ0v) is 9.57. The number of benzene rings is 1. The molecule has 0 bridgehead atoms. The number of rotatable bonds is 5. The topological polar surface area (TPSA) is 81.8 Å². The van der Waals surface area contributed by atoms with Crippen LogP contribution in [0.5, 0.6) is 11.5 Å². The van der Waals surface area contributed by atoms with Gasteiger partial charge in [-0.25, -0.2) is 4.39 Å². The molecule has 0 aliphatic rings. The minimum absolute atomic E-state index is 0.0779. The van der Waals surface area contributed by atoms with Crippen LogP contribution in [0.25, 0.3) is 0 Å². The Bertz CT molecular complexity index is 422. The van der Waals surface area contributed by atoms with Crippen LogP contribution in [0.1, 0.15) is 18.0 Å². The van der Waals surface area contributed by atoms with Crippen molar-refractivity contribution in [3.63, 3.8) is 0 Å². The van der Waals surface area contributed by atoms with Gasteiger partial charge in [0.15, 0.2) is 17.3 Å². The molecule has 1 aromatic rings. The third-order valence-electron chi connectivity index (χ3n) is 2.31. The van der Waals surface area contributed by atoms with E-state index in [1.54, 1.807) is 0 Å². The normalized spacial score (nSPS) is 12.0. The van der Waals surface area contributed by atoms with Crippen LogP contribution < -0.4 is 15.2 Å². The lowest BCUT2D eigenvalue weighted by molar-refractivity contribution is -0.137. The average Bonchev–Trinajstić information content (AvgIpc) is 2.27. The number of methoxy groups -OCH3 is 2. The van der Waals surface area contributed by atoms with E-state index in [1.807, 2.05) is 0 Å². The summed E-state index contributed by atoms with van der Waals surface area (Å²) in [5, 5.41) is 8.60. The van der Waals surface area contributed by atoms with Crippen LogP contribution >= 0.6 is 0 Å². The maximum atomic E-state index is 13.9. The molecule has 0 aliphatic heterocycles. The zero-order valence-electron chi connectivity index (χ0n) is 9.57. The molecule has 1 unspecified atom stereocenters. The average molecular weight is 243 g/mol. The number of aliphatic carboxylic acids is 1. The molecule has 94 valence electrons. The predicted molar refractivity (Wildman–Crippen MR) is 58.7 cm³/mol. The molecule has 5 nitrogen and oxygen atoms in total. The van der Waals surface area contributed by atoms with E-state index in [2.05, 4.69) is 0 Å². The Morgan fingerprint density at radius 2 is 2.12 bits per heavy atom. The van der Waals surface area contributed by atoms with E-state index in [4.69, 9.17) is 20.3 Å². The van der Waals surface area contributed by atoms with Crippen molar-refractivity contribution >= 4 is 5.97 Å². The van der Waals surface area contributed by atoms with E-state index in [-0.39, 0.29) is 23.5 Å². The number of carbonyl (C=O) groups is 1. The van der Waals surface area contributed by atoms with Crippen LogP contribution in [0.2, 0.25) is 0 Å². The minimum Gasteiger partial charge on any atom is -0.493 e. The lowest BCUT2D eigenvalue weighted by Crippen LogP contribution is -2.17. The first-order valence-electron chi connectivity index (χ1n) is 4.89. The summed E-state index contributed by atoms with van der Waals surface area (Å²) < 4.78 is 23.7. The van der Waals surface area contributed by atoms with Gasteiger partial charge in [-0.3, -0.25) is 4.79 Å². The molecule has 0 saturated heterocycles. The van der Waals surface area contributed by atoms with E-state index in [0.29, 0.717) is 0 Å². The van der Waals surface area contributed by atoms with Gasteiger partial charge in [-0.15, -0.1) is 0 Å². The molecule has 0 aliphatic carbocycles. The van der Waals surface area contributed by atoms with E-state index in [0.717, 1.165) is 0 Å². The fourth-order valence-electron chi connectivity index (χ4n) is 1.49. The highest BCUT2D eigenvalue weighted by Gasteiger charge is 2.20. The first kappa shape index (κ1) is 13.2. The van der Waals surface area contributed by atoms with Gasteiger partial charge in [0.2, 0.25) is 0 Å². The van der Waals surface area contributed by atoms with Crippen molar-refractivity contribution in [3.05, 3.63) is 23.5 Å². The summed E-state index contributed by atoms with van der Waals surface area (Å²) in [6.07, 6.45) is -0.355. The number of carboxylic acids is 1. The summed E-state index contributed by atoms with van der Waals surface area (Å²) in [6, 6.07) is 1.95. The summed E-state index contributed by atoms with van der Waals surface area (Å²) in [4.78, 5) is 10.5. The standard InChI is InChI=1S/C11H14FNO4/c1-16-8-4-3-6(7(13)5-9(14)15)10(12)11(8)17-2/h3-4,7H,5,13H2,1-2H3,(H,14,15). The Balaban J connectivity index is 3.14. The first-order valence-corrected chi connectivity index (χ1v) is 4.89. The quantitative estimate of drug-likeness (QED) is 0.815. The van der Waals surface area contributed by atoms with Crippen molar-refractivity contribution < 1.29 is 23.8 Å². The molecule has 0 amide bonds. The highest BCUT2D eigenvalue weighted by atomic mass is 19.1. The number of hydrogen-bond donors (Lipinski definition) is 2. The predicted octanol–water partition coefficient (Wildman–Crippen LogP) is 1.32. The van der Waals surface area contributed by atoms with Gasteiger partial charge in [-0.05, 0) is 6.07 Å². The second-order valence-corrected chi connectivity index (χ2v) is 3.41. The smallest absolute Gasteiger partial charge is 0.305 e. The van der Waals surface area contributed by atoms with Crippen molar-refractivity contribution in [2.45, 2.75) is 12.5 Å². The summed E-state index contributed by atoms with van der Waals surface area (Å²) >= 11 is 0. The Kier molecular flexibility index (Phi) is 4.28. The molecule has 0 saturated carbocycles. The number of ether oxygens (including phenoxy) is 2. The Morgan fingerprint density at radius 3 is 2.59 bits per heavy atom. The number of nitrogens with two attached hydrogens (primary N) is 1. The van der Waals surface area contributed by atoms with Gasteiger partial charge in [-0.1, -0.05) is 6.07 Å². The van der Waals surface area contributed by atoms with Gasteiger partial charge >= 0.3 is 5.97 Å². The minimum atomic E-state index is -1.09. The summed E-state index contributed by atoms with van der Waals surface area (Å²) in [5.74, 6) is -1.63. The fourth-order valence-corrected chi connectivity index (χ4v) is 1.49. The van der Waals surface area contributed by atoms with Crippen LogP contribution in [0.3, 0.4) is 0 Å². The highest BCUT2D eigenvalue weighted by Crippen LogP contribution is 2.34. The largest absolute Gasteiger partial charge is 0.493 e. The fraction of sp³-hybridized carbons (Fsp3) is 0.364. The van der Waals surface area contributed by atoms with Crippen molar-refractivity contribution in [1.82, 2.24) is 0 Å². The monoisotopic (exact) mass is 243 g/mol. The second-order valence-electron chi connectivity index (χ2n) is 3.41. The van der Waals surface area contributed by atoms with Gasteiger partial charge in [-0.2, -0.15) is 0 Å². The molecule has 0 radical (unpaired) electrons. The molecule has 17 heavy (non-hydrogen) atoms. The Morgan fingerprint density at radius 1 is 1.47 bits per heavy atom. The summed E-state index contributed by atoms with van der Waals surface area (Å²) in [7, 11) is 2.68. The molecule has 0 spiro atoms. The number of halogens is 1. The maximum Gasteiger partial charge on any atom is 0.305 e. The molecule has 1 rings (SSSR count). The third-order valence-corrected chi connectivity index (χ3v) is 2.31. The van der Waals surface area contributed by atoms with Crippen molar-refractivity contribution in [1.29, 1.82) is 0 Å². The van der Waals surface area contributed by atoms with Crippen LogP contribution in [0.4, 0.5) is 4.39 Å². The van der Waals surface area contributed by atoms with E-state index < -0.39 is 17.8 Å². The van der Waals surface area contributed by atoms with Gasteiger partial charge in [0.25, 0.3) is 0 Å². The number of carboxylic acid groups (broad SMARTS) is 1. The molecule has 0 aromatic heterocycles. The van der Waals surface area contributed by atoms with Gasteiger partial charge in [0.1, 0.15) is 0 Å². The molecule has 3 N–H and O–H groups in total. The van der Waals surface area contributed by atoms with Crippen LogP contribution in [0.15, 0.2) is 12.1 Å². The maximum absolute atomic E-state index is 13.9. The molecule has 0 heterocycles. The number of hydrogen-bond acceptors (Lipinski definition) is 4. The SMILES string of the molecule is COc1ccc(C(N)CC(=O)O)c(F)c1OC. The van der Waals surface area contributed by atoms with Crippen LogP contribution in [-0.4, -0.2) is 25.3 Å². The van der Waals surface area contributed by atoms with E-state index in [9.17, 15) is 9.18 Å². The molecule has 6 heteroatoms. The zero-order chi connectivity index (χ0) is 13.0. The van der Waals surface area contributed by atoms with E-state index in [1.165, 1.54) is 26.4 Å². The Hall–Kier alpha value is -1.82. The molecular formula is C11H14FNO4. The Labute approximate surface area is 97.9 Å². The van der Waals surface area contributed by atoms with Crippen LogP contribution in [-0.2, 0) is 4.79 Å². The lowest BCUT2D eigenvalue weighted by atomic mass is 10.0. The van der Waals surface area contributed by atoms with Gasteiger partial charge < -0.3 is 20.3 Å². The second kappa shape index (κ2) is 5.49. The molecule has 1 aromatic carbocycles. The van der Waals surface area contributed by atoms with Gasteiger partial charge in [0.05, 0.1) is 20.6 Å². The highest BCUT2D eigenvalue weighted by molar-refractivity contribution is 5.68. The summed E-state index contributed by atoms with van der Waals surface area (Å²) in [5.41, 5.74) is 5.68. The van der Waals surface area contributed by atoms with Crippen molar-refractivity contribution in [2.75, 3.05) is 14.2 Å². The van der Waals surface area contributed by atoms with Gasteiger partial charge in [0, 0.05) is 11.6 Å². The summed E-state index contributed by atoms with van der Waals surface area (Å²) in [6.45, 7) is 0. The molecule has 1 atom stereocenters. The molecule has 0 fully saturated rings.